The number of alkyl halides is 3. The van der Waals surface area contributed by atoms with E-state index in [1.807, 2.05) is 13.8 Å². The van der Waals surface area contributed by atoms with Gasteiger partial charge in [0.15, 0.2) is 9.03 Å². The first kappa shape index (κ1) is 21.7. The van der Waals surface area contributed by atoms with E-state index in [2.05, 4.69) is 47.8 Å². The molecular formula is C12H24Br3O4P. The van der Waals surface area contributed by atoms with Crippen LogP contribution in [0.1, 0.15) is 26.7 Å². The van der Waals surface area contributed by atoms with Crippen molar-refractivity contribution in [3.63, 3.8) is 0 Å². The Morgan fingerprint density at radius 2 is 1.50 bits per heavy atom. The monoisotopic (exact) mass is 500 g/mol. The predicted octanol–water partition coefficient (Wildman–Crippen LogP) is 4.02. The predicted molar refractivity (Wildman–Crippen MR) is 95.8 cm³/mol. The van der Waals surface area contributed by atoms with Crippen molar-refractivity contribution in [1.82, 2.24) is 0 Å². The zero-order valence-corrected chi connectivity index (χ0v) is 17.7. The molecule has 0 aromatic heterocycles. The molecule has 0 spiro atoms. The van der Waals surface area contributed by atoms with Gasteiger partial charge in [0.05, 0.1) is 24.1 Å². The van der Waals surface area contributed by atoms with Gasteiger partial charge >= 0.3 is 0 Å². The Morgan fingerprint density at radius 1 is 1.05 bits per heavy atom. The Morgan fingerprint density at radius 3 is 1.85 bits per heavy atom. The standard InChI is InChI=1S/C12H24Br3O4P/c1-3-17-7-10(13)5-12(15,9-19-20-16)6-11(14)8-18-4-2/h10-11,16,20H,3-9H2,1-2H3. The highest BCUT2D eigenvalue weighted by atomic mass is 79.9. The van der Waals surface area contributed by atoms with Crippen molar-refractivity contribution in [2.75, 3.05) is 33.0 Å². The van der Waals surface area contributed by atoms with Gasteiger partial charge in [0, 0.05) is 22.9 Å². The Labute approximate surface area is 149 Å². The molecule has 0 heterocycles. The van der Waals surface area contributed by atoms with Crippen molar-refractivity contribution in [2.45, 2.75) is 40.7 Å². The zero-order valence-electron chi connectivity index (χ0n) is 11.9. The van der Waals surface area contributed by atoms with E-state index in [0.717, 1.165) is 12.8 Å². The van der Waals surface area contributed by atoms with E-state index < -0.39 is 9.03 Å². The van der Waals surface area contributed by atoms with E-state index >= 15 is 0 Å². The fourth-order valence-electron chi connectivity index (χ4n) is 1.77. The van der Waals surface area contributed by atoms with Crippen LogP contribution < -0.4 is 0 Å². The molecule has 0 rings (SSSR count). The largest absolute Gasteiger partial charge is 0.381 e. The van der Waals surface area contributed by atoms with E-state index in [9.17, 15) is 0 Å². The first-order valence-electron chi connectivity index (χ1n) is 6.60. The Bertz CT molecular complexity index is 221. The topological polar surface area (TPSA) is 47.9 Å². The molecular weight excluding hydrogens is 479 g/mol. The van der Waals surface area contributed by atoms with E-state index in [-0.39, 0.29) is 14.0 Å². The summed E-state index contributed by atoms with van der Waals surface area (Å²) in [5, 5.41) is 0. The summed E-state index contributed by atoms with van der Waals surface area (Å²) in [6, 6.07) is 0. The summed E-state index contributed by atoms with van der Waals surface area (Å²) in [5.74, 6) is 0. The van der Waals surface area contributed by atoms with Gasteiger partial charge in [-0.3, -0.25) is 0 Å². The maximum absolute atomic E-state index is 8.89. The van der Waals surface area contributed by atoms with Gasteiger partial charge in [-0.2, -0.15) is 0 Å². The minimum absolute atomic E-state index is 0.223. The molecule has 0 aliphatic rings. The minimum atomic E-state index is -0.497. The number of ether oxygens (including phenoxy) is 2. The normalized spacial score (nSPS) is 18.3. The third-order valence-corrected chi connectivity index (χ3v) is 4.90. The van der Waals surface area contributed by atoms with Gasteiger partial charge in [0.2, 0.25) is 0 Å². The first-order chi connectivity index (χ1) is 9.47. The molecule has 0 saturated heterocycles. The molecule has 8 heteroatoms. The molecule has 0 aromatic carbocycles. The van der Waals surface area contributed by atoms with Crippen molar-refractivity contribution in [3.8, 4) is 0 Å². The average Bonchev–Trinajstić information content (AvgIpc) is 2.40. The van der Waals surface area contributed by atoms with Crippen molar-refractivity contribution in [3.05, 3.63) is 0 Å². The second-order valence-corrected chi connectivity index (χ2v) is 9.20. The molecule has 1 N–H and O–H groups in total. The molecule has 0 fully saturated rings. The van der Waals surface area contributed by atoms with Crippen LogP contribution in [-0.2, 0) is 14.0 Å². The van der Waals surface area contributed by atoms with Gasteiger partial charge in [-0.15, -0.1) is 0 Å². The Balaban J connectivity index is 4.39. The molecule has 20 heavy (non-hydrogen) atoms. The van der Waals surface area contributed by atoms with Gasteiger partial charge in [-0.25, -0.2) is 0 Å². The van der Waals surface area contributed by atoms with Gasteiger partial charge in [-0.1, -0.05) is 47.8 Å². The number of hydrogen-bond donors (Lipinski definition) is 1. The van der Waals surface area contributed by atoms with E-state index in [1.165, 1.54) is 0 Å². The molecule has 0 aliphatic heterocycles. The van der Waals surface area contributed by atoms with Crippen molar-refractivity contribution in [1.29, 1.82) is 0 Å². The van der Waals surface area contributed by atoms with Crippen LogP contribution in [0.25, 0.3) is 0 Å². The van der Waals surface area contributed by atoms with Crippen LogP contribution in [-0.4, -0.2) is 51.9 Å². The van der Waals surface area contributed by atoms with E-state index in [4.69, 9.17) is 18.9 Å². The average molecular weight is 503 g/mol. The van der Waals surface area contributed by atoms with E-state index in [1.54, 1.807) is 0 Å². The fraction of sp³-hybridized carbons (Fsp3) is 1.00. The van der Waals surface area contributed by atoms with Gasteiger partial charge in [0.25, 0.3) is 0 Å². The highest BCUT2D eigenvalue weighted by molar-refractivity contribution is 9.10. The molecule has 0 bridgehead atoms. The fourth-order valence-corrected chi connectivity index (χ4v) is 5.70. The van der Waals surface area contributed by atoms with Gasteiger partial charge in [0.1, 0.15) is 0 Å². The van der Waals surface area contributed by atoms with Crippen molar-refractivity contribution >= 4 is 56.8 Å². The van der Waals surface area contributed by atoms with Crippen LogP contribution in [0.5, 0.6) is 0 Å². The molecule has 0 aromatic rings. The number of halogens is 3. The molecule has 4 nitrogen and oxygen atoms in total. The number of hydrogen-bond acceptors (Lipinski definition) is 4. The summed E-state index contributed by atoms with van der Waals surface area (Å²) < 4.78 is 15.8. The summed E-state index contributed by atoms with van der Waals surface area (Å²) in [4.78, 5) is 9.36. The van der Waals surface area contributed by atoms with Crippen LogP contribution in [0, 0.1) is 0 Å². The second kappa shape index (κ2) is 13.2. The molecule has 122 valence electrons. The smallest absolute Gasteiger partial charge is 0.152 e. The first-order valence-corrected chi connectivity index (χ1v) is 10.1. The Hall–Kier alpha value is 1.71. The van der Waals surface area contributed by atoms with Gasteiger partial charge < -0.3 is 18.9 Å². The maximum atomic E-state index is 8.89. The van der Waals surface area contributed by atoms with Crippen LogP contribution in [0.2, 0.25) is 0 Å². The zero-order chi connectivity index (χ0) is 15.4. The molecule has 0 aliphatic carbocycles. The van der Waals surface area contributed by atoms with Crippen molar-refractivity contribution in [2.24, 2.45) is 0 Å². The number of rotatable bonds is 13. The summed E-state index contributed by atoms with van der Waals surface area (Å²) in [7, 11) is -0.497. The molecule has 0 amide bonds. The lowest BCUT2D eigenvalue weighted by atomic mass is 9.98. The van der Waals surface area contributed by atoms with Crippen LogP contribution in [0.15, 0.2) is 0 Å². The maximum Gasteiger partial charge on any atom is 0.152 e. The summed E-state index contributed by atoms with van der Waals surface area (Å²) in [6.45, 7) is 7.13. The van der Waals surface area contributed by atoms with Crippen LogP contribution in [0.4, 0.5) is 0 Å². The second-order valence-electron chi connectivity index (χ2n) is 4.45. The lowest BCUT2D eigenvalue weighted by Crippen LogP contribution is -2.35. The van der Waals surface area contributed by atoms with Gasteiger partial charge in [-0.05, 0) is 26.7 Å². The third-order valence-electron chi connectivity index (χ3n) is 2.58. The summed E-state index contributed by atoms with van der Waals surface area (Å²) >= 11 is 11.0. The highest BCUT2D eigenvalue weighted by Gasteiger charge is 2.32. The quantitative estimate of drug-likeness (QED) is 0.305. The summed E-state index contributed by atoms with van der Waals surface area (Å²) in [6.07, 6.45) is 1.68. The molecule has 0 saturated carbocycles. The molecule has 3 atom stereocenters. The lowest BCUT2D eigenvalue weighted by molar-refractivity contribution is 0.134. The third kappa shape index (κ3) is 11.3. The van der Waals surface area contributed by atoms with Crippen molar-refractivity contribution < 1.29 is 18.9 Å². The molecule has 0 radical (unpaired) electrons. The van der Waals surface area contributed by atoms with Crippen LogP contribution >= 0.6 is 56.8 Å². The summed E-state index contributed by atoms with van der Waals surface area (Å²) in [5.41, 5.74) is 0. The van der Waals surface area contributed by atoms with E-state index in [0.29, 0.717) is 33.0 Å². The Kier molecular flexibility index (Phi) is 14.3. The minimum Gasteiger partial charge on any atom is -0.381 e. The lowest BCUT2D eigenvalue weighted by Gasteiger charge is -2.31. The highest BCUT2D eigenvalue weighted by Crippen LogP contribution is 2.35. The molecule has 3 unspecified atom stereocenters. The van der Waals surface area contributed by atoms with Crippen LogP contribution in [0.3, 0.4) is 0 Å². The SMILES string of the molecule is CCOCC(Br)CC(Br)(COPO)CC(Br)COCC.